The van der Waals surface area contributed by atoms with Gasteiger partial charge in [-0.3, -0.25) is 48.9 Å². The summed E-state index contributed by atoms with van der Waals surface area (Å²) in [4.78, 5) is 88.1. The molecule has 0 atom stereocenters. The van der Waals surface area contributed by atoms with E-state index in [0.29, 0.717) is 107 Å². The van der Waals surface area contributed by atoms with Gasteiger partial charge in [0, 0.05) is 130 Å². The molecule has 15 aromatic rings. The summed E-state index contributed by atoms with van der Waals surface area (Å²) in [5.74, 6) is 5.23. The largest absolute Gasteiger partial charge is 0.456 e. The second-order valence-corrected chi connectivity index (χ2v) is 26.1. The van der Waals surface area contributed by atoms with E-state index >= 15 is 0 Å². The first-order valence-electron chi connectivity index (χ1n) is 35.7. The topological polar surface area (TPSA) is 282 Å². The average molecular weight is 1660 g/mol. The summed E-state index contributed by atoms with van der Waals surface area (Å²) in [6, 6.07) is 71.9. The van der Waals surface area contributed by atoms with Crippen LogP contribution in [0.1, 0.15) is 89.2 Å². The second-order valence-electron chi connectivity index (χ2n) is 24.9. The molecule has 0 radical (unpaired) electrons. The number of hydrogen-bond acceptors (Lipinski definition) is 18. The van der Waals surface area contributed by atoms with E-state index in [1.807, 2.05) is 68.4 Å². The van der Waals surface area contributed by atoms with Crippen molar-refractivity contribution in [2.45, 2.75) is 34.9 Å². The monoisotopic (exact) mass is 1660 g/mol. The third kappa shape index (κ3) is 28.9. The van der Waals surface area contributed by atoms with Gasteiger partial charge in [0.25, 0.3) is 29.5 Å². The number of rotatable bonds is 20. The lowest BCUT2D eigenvalue weighted by atomic mass is 10.1. The molecule has 0 aliphatic carbocycles. The number of aryl methyl sites for hydroxylation is 2. The maximum Gasteiger partial charge on any atom is 0.418 e. The summed E-state index contributed by atoms with van der Waals surface area (Å²) >= 11 is 7.27. The van der Waals surface area contributed by atoms with Gasteiger partial charge in [0.1, 0.15) is 63.2 Å². The zero-order valence-electron chi connectivity index (χ0n) is 62.8. The van der Waals surface area contributed by atoms with E-state index in [0.717, 1.165) is 23.4 Å². The van der Waals surface area contributed by atoms with Crippen LogP contribution < -0.4 is 50.3 Å². The fraction of sp³-hybridized carbons (Fsp3) is 0.0538. The molecular formula is C93H75ClF4N12O10S. The molecule has 0 saturated carbocycles. The van der Waals surface area contributed by atoms with E-state index < -0.39 is 23.5 Å². The lowest BCUT2D eigenvalue weighted by molar-refractivity contribution is -0.137. The van der Waals surface area contributed by atoms with E-state index in [1.165, 1.54) is 48.1 Å². The number of nitrogens with one attached hydrogen (secondary N) is 5. The van der Waals surface area contributed by atoms with Crippen LogP contribution in [-0.4, -0.2) is 64.4 Å². The van der Waals surface area contributed by atoms with Crippen LogP contribution in [0, 0.1) is 32.0 Å². The lowest BCUT2D eigenvalue weighted by Crippen LogP contribution is -2.15. The number of halogens is 5. The highest BCUT2D eigenvalue weighted by Gasteiger charge is 2.31. The lowest BCUT2D eigenvalue weighted by Gasteiger charge is -2.11. The average Bonchev–Trinajstić information content (AvgIpc) is 1.61. The number of terminal acetylenes is 1. The number of amides is 5. The Kier molecular flexibility index (Phi) is 33.1. The summed E-state index contributed by atoms with van der Waals surface area (Å²) in [5, 5.41) is 16.0. The Morgan fingerprint density at radius 3 is 1.12 bits per heavy atom. The van der Waals surface area contributed by atoms with E-state index in [9.17, 15) is 41.5 Å². The Labute approximate surface area is 703 Å². The molecule has 5 N–H and O–H groups in total. The fourth-order valence-electron chi connectivity index (χ4n) is 10.4. The predicted octanol–water partition coefficient (Wildman–Crippen LogP) is 23.2. The molecule has 0 bridgehead atoms. The second kappa shape index (κ2) is 44.9. The van der Waals surface area contributed by atoms with E-state index in [4.69, 9.17) is 41.7 Å². The molecule has 0 aliphatic heterocycles. The molecule has 7 heterocycles. The SMILES string of the molecule is C.C.C#Cc1cccc(C(=O)Nc2cccc(Oc3cccnc3)c2)c1.Cc1cccc(C(=O)Nc2cccc(Oc3cncc(C(F)(F)F)c3)c2)c1.Cc1cccc(C(=O)Nc2cccc(Oc3cncc(Cl)c3)c2)c1.O=C(Nc1cccc(Oc2cccnc2)c1)c1cscn1.O=C(Nc1cccc(Oc2cccnc2)c1)c1ncccc1F. The standard InChI is InChI=1S/C20H15F3N2O2.C20H14N2O2.C19H15ClN2O2.C17H12FN3O2.C15H11N3O2S.2CH4/c1-13-4-2-5-14(8-13)19(26)25-16-6-3-7-17(10-16)27-18-9-15(11-24-12-18)20(21,22)23;1-2-15-6-3-7-16(12-15)20(23)22-17-8-4-9-18(13-17)24-19-10-5-11-21-14-19;1-13-4-2-5-14(8-13)19(23)22-16-6-3-7-17(10-16)24-18-9-15(20)11-21-12-18;18-15-7-3-9-20-16(15)17(22)21-12-4-1-5-13(10-12)23-14-6-2-8-19-11-14;19-15(14-9-21-10-17-14)18-11-3-1-4-12(7-11)20-13-5-2-6-16-8-13;;/h2-12H,1H3,(H,25,26);1,3-14H,(H,22,23);2-12H,1H3,(H,22,23);1-11H,(H,21,22);1-10H,(H,18,19);2*1H4. The van der Waals surface area contributed by atoms with E-state index in [2.05, 4.69) is 67.4 Å². The van der Waals surface area contributed by atoms with Crippen LogP contribution in [0.25, 0.3) is 0 Å². The third-order valence-electron chi connectivity index (χ3n) is 15.8. The summed E-state index contributed by atoms with van der Waals surface area (Å²) in [6.07, 6.45) is 17.1. The highest BCUT2D eigenvalue weighted by molar-refractivity contribution is 7.07. The number of benzene rings is 8. The molecule has 8 aromatic carbocycles. The van der Waals surface area contributed by atoms with Gasteiger partial charge in [-0.15, -0.1) is 17.8 Å². The molecule has 0 fully saturated rings. The van der Waals surface area contributed by atoms with Gasteiger partial charge >= 0.3 is 6.18 Å². The summed E-state index contributed by atoms with van der Waals surface area (Å²) in [5.41, 5.74) is 8.00. The van der Waals surface area contributed by atoms with Crippen LogP contribution in [-0.2, 0) is 6.18 Å². The number of pyridine rings is 6. The molecule has 15 rings (SSSR count). The normalized spacial score (nSPS) is 10.1. The van der Waals surface area contributed by atoms with Crippen molar-refractivity contribution in [2.75, 3.05) is 26.6 Å². The molecule has 0 unspecified atom stereocenters. The van der Waals surface area contributed by atoms with Crippen LogP contribution in [0.5, 0.6) is 57.5 Å². The summed E-state index contributed by atoms with van der Waals surface area (Å²) < 4.78 is 80.0. The Morgan fingerprint density at radius 1 is 0.380 bits per heavy atom. The number of carbonyl (C=O) groups is 5. The number of alkyl halides is 3. The van der Waals surface area contributed by atoms with Crippen molar-refractivity contribution in [2.24, 2.45) is 0 Å². The van der Waals surface area contributed by atoms with Crippen LogP contribution in [0.3, 0.4) is 0 Å². The fourth-order valence-corrected chi connectivity index (χ4v) is 11.1. The summed E-state index contributed by atoms with van der Waals surface area (Å²) in [7, 11) is 0. The van der Waals surface area contributed by atoms with Crippen molar-refractivity contribution < 1.29 is 65.2 Å². The van der Waals surface area contributed by atoms with Crippen LogP contribution >= 0.6 is 22.9 Å². The number of hydrogen-bond donors (Lipinski definition) is 5. The molecule has 7 aromatic heterocycles. The van der Waals surface area contributed by atoms with Gasteiger partial charge in [-0.05, 0) is 172 Å². The van der Waals surface area contributed by atoms with Gasteiger partial charge in [0.15, 0.2) is 11.5 Å². The zero-order chi connectivity index (χ0) is 83.7. The maximum atomic E-state index is 13.6. The minimum absolute atomic E-state index is 0. The number of ether oxygens (including phenoxy) is 5. The van der Waals surface area contributed by atoms with Gasteiger partial charge in [-0.25, -0.2) is 14.4 Å². The summed E-state index contributed by atoms with van der Waals surface area (Å²) in [6.45, 7) is 3.83. The van der Waals surface area contributed by atoms with Crippen molar-refractivity contribution >= 4 is 80.9 Å². The van der Waals surface area contributed by atoms with Crippen molar-refractivity contribution in [1.29, 1.82) is 0 Å². The molecule has 28 heteroatoms. The third-order valence-corrected chi connectivity index (χ3v) is 16.5. The Hall–Kier alpha value is -15.8. The number of anilines is 5. The van der Waals surface area contributed by atoms with Crippen molar-refractivity contribution in [1.82, 2.24) is 34.9 Å². The number of carbonyl (C=O) groups excluding carboxylic acids is 5. The van der Waals surface area contributed by atoms with Crippen LogP contribution in [0.2, 0.25) is 5.02 Å². The van der Waals surface area contributed by atoms with Crippen molar-refractivity contribution in [3.05, 3.63) is 395 Å². The molecule has 608 valence electrons. The Morgan fingerprint density at radius 2 is 0.744 bits per heavy atom. The first-order valence-corrected chi connectivity index (χ1v) is 37.0. The van der Waals surface area contributed by atoms with Gasteiger partial charge in [0.05, 0.1) is 47.1 Å². The highest BCUT2D eigenvalue weighted by atomic mass is 35.5. The predicted molar refractivity (Wildman–Crippen MR) is 460 cm³/mol. The molecule has 22 nitrogen and oxygen atoms in total. The van der Waals surface area contributed by atoms with Gasteiger partial charge < -0.3 is 50.3 Å². The van der Waals surface area contributed by atoms with Crippen LogP contribution in [0.15, 0.2) is 334 Å². The van der Waals surface area contributed by atoms with E-state index in [1.54, 1.807) is 230 Å². The molecule has 0 aliphatic rings. The van der Waals surface area contributed by atoms with E-state index in [-0.39, 0.29) is 55.7 Å². The molecular weight excluding hydrogens is 1590 g/mol. The molecule has 0 saturated heterocycles. The molecule has 0 spiro atoms. The number of thiazole rings is 1. The first-order chi connectivity index (χ1) is 57.7. The van der Waals surface area contributed by atoms with Crippen molar-refractivity contribution in [3.8, 4) is 69.8 Å². The first kappa shape index (κ1) is 89.1. The zero-order valence-corrected chi connectivity index (χ0v) is 64.4. The Balaban J connectivity index is 0.000000172. The molecule has 121 heavy (non-hydrogen) atoms. The number of aromatic nitrogens is 7. The molecule has 5 amide bonds. The quantitative estimate of drug-likeness (QED) is 0.0350. The minimum Gasteiger partial charge on any atom is -0.456 e. The maximum absolute atomic E-state index is 13.6. The number of nitrogens with zero attached hydrogens (tertiary/aromatic N) is 7. The van der Waals surface area contributed by atoms with Gasteiger partial charge in [0.2, 0.25) is 0 Å². The highest BCUT2D eigenvalue weighted by Crippen LogP contribution is 2.34. The van der Waals surface area contributed by atoms with Crippen LogP contribution in [0.4, 0.5) is 46.0 Å². The Bertz CT molecular complexity index is 6000. The van der Waals surface area contributed by atoms with Gasteiger partial charge in [-0.1, -0.05) is 104 Å². The smallest absolute Gasteiger partial charge is 0.418 e. The van der Waals surface area contributed by atoms with Gasteiger partial charge in [-0.2, -0.15) is 13.2 Å². The van der Waals surface area contributed by atoms with Crippen molar-refractivity contribution in [3.63, 3.8) is 0 Å². The minimum atomic E-state index is -4.50.